The highest BCUT2D eigenvalue weighted by molar-refractivity contribution is 6.33. The Morgan fingerprint density at radius 1 is 1.30 bits per heavy atom. The summed E-state index contributed by atoms with van der Waals surface area (Å²) < 4.78 is 51.0. The molecule has 2 atom stereocenters. The van der Waals surface area contributed by atoms with Crippen LogP contribution in [-0.2, 0) is 17.5 Å². The number of carbonyl (C=O) groups is 1. The zero-order valence-corrected chi connectivity index (χ0v) is 14.6. The molecule has 1 fully saturated rings. The molecular formula is C17H15ClF4N4O. The topological polar surface area (TPSA) is 66.9 Å². The first-order chi connectivity index (χ1) is 12.7. The Bertz CT molecular complexity index is 829. The lowest BCUT2D eigenvalue weighted by Gasteiger charge is -2.12. The number of aromatic nitrogens is 2. The van der Waals surface area contributed by atoms with E-state index in [4.69, 9.17) is 11.6 Å². The smallest absolute Gasteiger partial charge is 0.349 e. The lowest BCUT2D eigenvalue weighted by atomic mass is 10.1. The summed E-state index contributed by atoms with van der Waals surface area (Å²) in [5.74, 6) is -0.343. The van der Waals surface area contributed by atoms with Gasteiger partial charge in [0.25, 0.3) is 0 Å². The molecule has 1 aliphatic heterocycles. The molecule has 0 aromatic carbocycles. The van der Waals surface area contributed by atoms with Crippen LogP contribution in [0.25, 0.3) is 11.1 Å². The van der Waals surface area contributed by atoms with E-state index in [1.54, 1.807) is 6.07 Å². The summed E-state index contributed by atoms with van der Waals surface area (Å²) in [4.78, 5) is 19.5. The Labute approximate surface area is 157 Å². The molecule has 10 heteroatoms. The van der Waals surface area contributed by atoms with Crippen LogP contribution in [0.1, 0.15) is 17.8 Å². The van der Waals surface area contributed by atoms with Crippen molar-refractivity contribution in [3.05, 3.63) is 47.0 Å². The number of pyridine rings is 2. The van der Waals surface area contributed by atoms with E-state index in [1.807, 2.05) is 0 Å². The normalized spacial score (nSPS) is 19.9. The van der Waals surface area contributed by atoms with Gasteiger partial charge in [-0.1, -0.05) is 17.7 Å². The quantitative estimate of drug-likeness (QED) is 0.771. The average molecular weight is 403 g/mol. The number of alkyl halides is 4. The highest BCUT2D eigenvalue weighted by Crippen LogP contribution is 2.31. The van der Waals surface area contributed by atoms with Crippen molar-refractivity contribution in [2.24, 2.45) is 0 Å². The molecule has 0 saturated carbocycles. The Hall–Kier alpha value is -2.26. The van der Waals surface area contributed by atoms with E-state index in [0.717, 1.165) is 12.3 Å². The van der Waals surface area contributed by atoms with Crippen LogP contribution in [0, 0.1) is 0 Å². The molecule has 144 valence electrons. The van der Waals surface area contributed by atoms with Crippen molar-refractivity contribution >= 4 is 17.5 Å². The van der Waals surface area contributed by atoms with E-state index in [1.165, 1.54) is 12.3 Å². The molecule has 0 bridgehead atoms. The third-order valence-corrected chi connectivity index (χ3v) is 4.42. The van der Waals surface area contributed by atoms with Gasteiger partial charge >= 0.3 is 6.18 Å². The SMILES string of the molecule is O=C(NCc1cc(-c2ccc(C(F)(F)F)nc2)c(Cl)cn1)[C@@H]1C[C@@H](F)CN1. The number of hydrogen-bond donors (Lipinski definition) is 2. The largest absolute Gasteiger partial charge is 0.433 e. The van der Waals surface area contributed by atoms with Crippen molar-refractivity contribution in [3.63, 3.8) is 0 Å². The lowest BCUT2D eigenvalue weighted by molar-refractivity contribution is -0.141. The van der Waals surface area contributed by atoms with E-state index < -0.39 is 24.1 Å². The number of nitrogens with one attached hydrogen (secondary N) is 2. The molecule has 27 heavy (non-hydrogen) atoms. The molecule has 2 aromatic heterocycles. The number of hydrogen-bond acceptors (Lipinski definition) is 4. The summed E-state index contributed by atoms with van der Waals surface area (Å²) in [6, 6.07) is 3.11. The summed E-state index contributed by atoms with van der Waals surface area (Å²) in [6.07, 6.45) is -3.03. The Balaban J connectivity index is 1.71. The van der Waals surface area contributed by atoms with E-state index >= 15 is 0 Å². The third-order valence-electron chi connectivity index (χ3n) is 4.11. The highest BCUT2D eigenvalue weighted by Gasteiger charge is 2.32. The maximum atomic E-state index is 13.1. The molecule has 3 heterocycles. The lowest BCUT2D eigenvalue weighted by Crippen LogP contribution is -2.40. The molecule has 1 saturated heterocycles. The minimum atomic E-state index is -4.52. The predicted molar refractivity (Wildman–Crippen MR) is 90.6 cm³/mol. The molecule has 0 aliphatic carbocycles. The van der Waals surface area contributed by atoms with Gasteiger partial charge in [0.15, 0.2) is 0 Å². The second-order valence-corrected chi connectivity index (χ2v) is 6.50. The fourth-order valence-corrected chi connectivity index (χ4v) is 2.93. The van der Waals surface area contributed by atoms with Gasteiger partial charge in [-0.05, 0) is 12.1 Å². The second-order valence-electron chi connectivity index (χ2n) is 6.10. The minimum Gasteiger partial charge on any atom is -0.349 e. The molecular weight excluding hydrogens is 388 g/mol. The third kappa shape index (κ3) is 4.72. The summed E-state index contributed by atoms with van der Waals surface area (Å²) in [5, 5.41) is 5.67. The zero-order valence-electron chi connectivity index (χ0n) is 13.9. The Kier molecular flexibility index (Phi) is 5.61. The minimum absolute atomic E-state index is 0.0756. The van der Waals surface area contributed by atoms with Crippen molar-refractivity contribution < 1.29 is 22.4 Å². The average Bonchev–Trinajstić information content (AvgIpc) is 3.07. The van der Waals surface area contributed by atoms with Crippen molar-refractivity contribution in [3.8, 4) is 11.1 Å². The van der Waals surface area contributed by atoms with Crippen LogP contribution in [0.2, 0.25) is 5.02 Å². The highest BCUT2D eigenvalue weighted by atomic mass is 35.5. The molecule has 0 unspecified atom stereocenters. The molecule has 0 radical (unpaired) electrons. The van der Waals surface area contributed by atoms with Gasteiger partial charge in [0, 0.05) is 36.5 Å². The van der Waals surface area contributed by atoms with Crippen LogP contribution in [0.5, 0.6) is 0 Å². The monoisotopic (exact) mass is 402 g/mol. The second kappa shape index (κ2) is 7.77. The van der Waals surface area contributed by atoms with Gasteiger partial charge in [-0.15, -0.1) is 0 Å². The van der Waals surface area contributed by atoms with E-state index in [9.17, 15) is 22.4 Å². The first kappa shape index (κ1) is 19.5. The predicted octanol–water partition coefficient (Wildman–Crippen LogP) is 3.13. The number of rotatable bonds is 4. The zero-order chi connectivity index (χ0) is 19.6. The maximum Gasteiger partial charge on any atom is 0.433 e. The van der Waals surface area contributed by atoms with Crippen molar-refractivity contribution in [2.45, 2.75) is 31.4 Å². The van der Waals surface area contributed by atoms with E-state index in [2.05, 4.69) is 20.6 Å². The van der Waals surface area contributed by atoms with Gasteiger partial charge in [-0.2, -0.15) is 13.2 Å². The van der Waals surface area contributed by atoms with Gasteiger partial charge in [-0.3, -0.25) is 14.8 Å². The molecule has 3 rings (SSSR count). The fourth-order valence-electron chi connectivity index (χ4n) is 2.71. The Morgan fingerprint density at radius 3 is 2.67 bits per heavy atom. The number of amides is 1. The van der Waals surface area contributed by atoms with Crippen molar-refractivity contribution in [1.82, 2.24) is 20.6 Å². The molecule has 1 aliphatic rings. The number of carbonyl (C=O) groups excluding carboxylic acids is 1. The van der Waals surface area contributed by atoms with Crippen molar-refractivity contribution in [2.75, 3.05) is 6.54 Å². The maximum absolute atomic E-state index is 13.1. The van der Waals surface area contributed by atoms with Gasteiger partial charge < -0.3 is 10.6 Å². The summed E-state index contributed by atoms with van der Waals surface area (Å²) in [5.41, 5.74) is 0.289. The standard InChI is InChI=1S/C17H15ClF4N4O/c18-13-8-23-11(7-26-16(27)14-3-10(19)6-24-14)4-12(13)9-1-2-15(25-5-9)17(20,21)22/h1-2,4-5,8,10,14,24H,3,6-7H2,(H,26,27)/t10-,14+/m1/s1. The van der Waals surface area contributed by atoms with Crippen LogP contribution >= 0.6 is 11.6 Å². The first-order valence-corrected chi connectivity index (χ1v) is 8.45. The fraction of sp³-hybridized carbons (Fsp3) is 0.353. The van der Waals surface area contributed by atoms with Crippen LogP contribution in [0.15, 0.2) is 30.6 Å². The van der Waals surface area contributed by atoms with Crippen molar-refractivity contribution in [1.29, 1.82) is 0 Å². The van der Waals surface area contributed by atoms with Gasteiger partial charge in [-0.25, -0.2) is 4.39 Å². The molecule has 5 nitrogen and oxygen atoms in total. The molecule has 1 amide bonds. The van der Waals surface area contributed by atoms with Crippen LogP contribution in [0.3, 0.4) is 0 Å². The van der Waals surface area contributed by atoms with E-state index in [-0.39, 0.29) is 30.4 Å². The Morgan fingerprint density at radius 2 is 2.07 bits per heavy atom. The van der Waals surface area contributed by atoms with Gasteiger partial charge in [0.2, 0.25) is 5.91 Å². The summed E-state index contributed by atoms with van der Waals surface area (Å²) in [7, 11) is 0. The van der Waals surface area contributed by atoms with Crippen LogP contribution < -0.4 is 10.6 Å². The molecule has 0 spiro atoms. The van der Waals surface area contributed by atoms with Crippen LogP contribution in [-0.4, -0.2) is 34.6 Å². The molecule has 2 N–H and O–H groups in total. The number of halogens is 5. The van der Waals surface area contributed by atoms with Gasteiger partial charge in [0.05, 0.1) is 23.3 Å². The molecule has 2 aromatic rings. The number of nitrogens with zero attached hydrogens (tertiary/aromatic N) is 2. The van der Waals surface area contributed by atoms with E-state index in [0.29, 0.717) is 16.8 Å². The van der Waals surface area contributed by atoms with Crippen LogP contribution in [0.4, 0.5) is 17.6 Å². The summed E-state index contributed by atoms with van der Waals surface area (Å²) in [6.45, 7) is 0.217. The van der Waals surface area contributed by atoms with Gasteiger partial charge in [0.1, 0.15) is 11.9 Å². The first-order valence-electron chi connectivity index (χ1n) is 8.07. The summed E-state index contributed by atoms with van der Waals surface area (Å²) >= 11 is 6.09.